The number of aromatic nitrogens is 3. The Bertz CT molecular complexity index is 989. The summed E-state index contributed by atoms with van der Waals surface area (Å²) in [7, 11) is -3.56. The van der Waals surface area contributed by atoms with Crippen LogP contribution in [0.25, 0.3) is 5.69 Å². The normalized spacial score (nSPS) is 18.2. The summed E-state index contributed by atoms with van der Waals surface area (Å²) in [5.74, 6) is 0. The predicted molar refractivity (Wildman–Crippen MR) is 106 cm³/mol. The van der Waals surface area contributed by atoms with Crippen LogP contribution in [-0.4, -0.2) is 47.2 Å². The molecule has 1 saturated heterocycles. The highest BCUT2D eigenvalue weighted by atomic mass is 32.2. The van der Waals surface area contributed by atoms with Crippen LogP contribution in [0.5, 0.6) is 0 Å². The SMILES string of the molecule is O=S(=O)(NC1CCCN(Cc2ccccn2)C1)c1ccc(-n2cccn2)cc1. The lowest BCUT2D eigenvalue weighted by Gasteiger charge is -2.32. The Kier molecular flexibility index (Phi) is 5.52. The van der Waals surface area contributed by atoms with Gasteiger partial charge in [0.2, 0.25) is 10.0 Å². The number of benzene rings is 1. The zero-order valence-electron chi connectivity index (χ0n) is 15.5. The molecule has 8 heteroatoms. The zero-order valence-corrected chi connectivity index (χ0v) is 16.3. The summed E-state index contributed by atoms with van der Waals surface area (Å²) in [5, 5.41) is 4.16. The molecule has 0 aliphatic carbocycles. The van der Waals surface area contributed by atoms with Gasteiger partial charge in [-0.05, 0) is 61.9 Å². The van der Waals surface area contributed by atoms with Crippen LogP contribution in [0.1, 0.15) is 18.5 Å². The molecule has 28 heavy (non-hydrogen) atoms. The van der Waals surface area contributed by atoms with Crippen molar-refractivity contribution in [3.8, 4) is 5.69 Å². The first-order valence-corrected chi connectivity index (χ1v) is 10.8. The zero-order chi connectivity index (χ0) is 19.4. The number of pyridine rings is 1. The van der Waals surface area contributed by atoms with E-state index < -0.39 is 10.0 Å². The third-order valence-corrected chi connectivity index (χ3v) is 6.39. The molecule has 1 N–H and O–H groups in total. The van der Waals surface area contributed by atoms with Crippen molar-refractivity contribution in [1.82, 2.24) is 24.4 Å². The number of hydrogen-bond donors (Lipinski definition) is 1. The van der Waals surface area contributed by atoms with Gasteiger partial charge in [-0.2, -0.15) is 5.10 Å². The Balaban J connectivity index is 1.41. The van der Waals surface area contributed by atoms with Crippen LogP contribution in [-0.2, 0) is 16.6 Å². The molecule has 7 nitrogen and oxygen atoms in total. The number of nitrogens with zero attached hydrogens (tertiary/aromatic N) is 4. The van der Waals surface area contributed by atoms with E-state index in [0.717, 1.165) is 37.3 Å². The van der Waals surface area contributed by atoms with Crippen molar-refractivity contribution in [2.75, 3.05) is 13.1 Å². The minimum absolute atomic E-state index is 0.103. The molecule has 1 atom stereocenters. The fourth-order valence-corrected chi connectivity index (χ4v) is 4.76. The van der Waals surface area contributed by atoms with Gasteiger partial charge in [0.1, 0.15) is 0 Å². The van der Waals surface area contributed by atoms with Gasteiger partial charge in [-0.15, -0.1) is 0 Å². The second-order valence-corrected chi connectivity index (χ2v) is 8.68. The minimum Gasteiger partial charge on any atom is -0.296 e. The number of piperidine rings is 1. The van der Waals surface area contributed by atoms with Crippen LogP contribution in [0.2, 0.25) is 0 Å². The van der Waals surface area contributed by atoms with E-state index in [4.69, 9.17) is 0 Å². The molecule has 146 valence electrons. The predicted octanol–water partition coefficient (Wildman–Crippen LogP) is 2.21. The number of likely N-dealkylation sites (tertiary alicyclic amines) is 1. The fraction of sp³-hybridized carbons (Fsp3) is 0.300. The van der Waals surface area contributed by atoms with Crippen LogP contribution in [0.15, 0.2) is 72.0 Å². The highest BCUT2D eigenvalue weighted by molar-refractivity contribution is 7.89. The summed E-state index contributed by atoms with van der Waals surface area (Å²) in [6, 6.07) is 14.3. The highest BCUT2D eigenvalue weighted by Gasteiger charge is 2.25. The molecule has 0 bridgehead atoms. The van der Waals surface area contributed by atoms with Crippen molar-refractivity contribution in [3.63, 3.8) is 0 Å². The number of nitrogens with one attached hydrogen (secondary N) is 1. The van der Waals surface area contributed by atoms with E-state index in [-0.39, 0.29) is 10.9 Å². The maximum absolute atomic E-state index is 12.8. The summed E-state index contributed by atoms with van der Waals surface area (Å²) in [6.07, 6.45) is 7.08. The standard InChI is InChI=1S/C20H23N5O2S/c26-28(27,20-9-7-19(8-10-20)25-14-4-12-22-25)23-18-6-3-13-24(16-18)15-17-5-1-2-11-21-17/h1-2,4-5,7-12,14,18,23H,3,6,13,15-16H2. The third-order valence-electron chi connectivity index (χ3n) is 4.86. The van der Waals surface area contributed by atoms with Gasteiger partial charge in [-0.25, -0.2) is 17.8 Å². The summed E-state index contributed by atoms with van der Waals surface area (Å²) in [5.41, 5.74) is 1.82. The molecule has 4 rings (SSSR count). The molecule has 1 fully saturated rings. The average molecular weight is 398 g/mol. The second-order valence-electron chi connectivity index (χ2n) is 6.96. The Morgan fingerprint density at radius 3 is 2.64 bits per heavy atom. The Hall–Kier alpha value is -2.55. The van der Waals surface area contributed by atoms with Crippen LogP contribution in [0.3, 0.4) is 0 Å². The first-order valence-electron chi connectivity index (χ1n) is 9.35. The van der Waals surface area contributed by atoms with Gasteiger partial charge in [-0.1, -0.05) is 6.07 Å². The molecular formula is C20H23N5O2S. The van der Waals surface area contributed by atoms with Gasteiger partial charge in [0.25, 0.3) is 0 Å². The van der Waals surface area contributed by atoms with Crippen molar-refractivity contribution in [2.24, 2.45) is 0 Å². The van der Waals surface area contributed by atoms with E-state index in [2.05, 4.69) is 19.7 Å². The summed E-state index contributed by atoms with van der Waals surface area (Å²) < 4.78 is 30.2. The largest absolute Gasteiger partial charge is 0.296 e. The van der Waals surface area contributed by atoms with Gasteiger partial charge in [-0.3, -0.25) is 9.88 Å². The minimum atomic E-state index is -3.56. The molecular weight excluding hydrogens is 374 g/mol. The smallest absolute Gasteiger partial charge is 0.240 e. The van der Waals surface area contributed by atoms with Crippen molar-refractivity contribution in [1.29, 1.82) is 0 Å². The van der Waals surface area contributed by atoms with Crippen LogP contribution < -0.4 is 4.72 Å². The van der Waals surface area contributed by atoms with Crippen molar-refractivity contribution in [3.05, 3.63) is 72.8 Å². The lowest BCUT2D eigenvalue weighted by atomic mass is 10.1. The first kappa shape index (κ1) is 18.8. The lowest BCUT2D eigenvalue weighted by molar-refractivity contribution is 0.192. The molecule has 0 saturated carbocycles. The van der Waals surface area contributed by atoms with E-state index in [0.29, 0.717) is 6.54 Å². The lowest BCUT2D eigenvalue weighted by Crippen LogP contribution is -2.47. The average Bonchev–Trinajstić information content (AvgIpc) is 3.24. The summed E-state index contributed by atoms with van der Waals surface area (Å²) in [4.78, 5) is 6.88. The maximum atomic E-state index is 12.8. The third kappa shape index (κ3) is 4.46. The second kappa shape index (κ2) is 8.22. The maximum Gasteiger partial charge on any atom is 0.240 e. The van der Waals surface area contributed by atoms with Crippen LogP contribution in [0, 0.1) is 0 Å². The van der Waals surface area contributed by atoms with Crippen LogP contribution >= 0.6 is 0 Å². The molecule has 1 aliphatic heterocycles. The van der Waals surface area contributed by atoms with Crippen LogP contribution in [0.4, 0.5) is 0 Å². The highest BCUT2D eigenvalue weighted by Crippen LogP contribution is 2.17. The Morgan fingerprint density at radius 1 is 1.07 bits per heavy atom. The first-order chi connectivity index (χ1) is 13.6. The number of hydrogen-bond acceptors (Lipinski definition) is 5. The Labute approximate surface area is 165 Å². The molecule has 1 unspecified atom stereocenters. The quantitative estimate of drug-likeness (QED) is 0.690. The van der Waals surface area contributed by atoms with Crippen molar-refractivity contribution < 1.29 is 8.42 Å². The van der Waals surface area contributed by atoms with E-state index in [9.17, 15) is 8.42 Å². The van der Waals surface area contributed by atoms with E-state index >= 15 is 0 Å². The summed E-state index contributed by atoms with van der Waals surface area (Å²) >= 11 is 0. The Morgan fingerprint density at radius 2 is 1.93 bits per heavy atom. The fourth-order valence-electron chi connectivity index (χ4n) is 3.50. The van der Waals surface area contributed by atoms with Crippen molar-refractivity contribution in [2.45, 2.75) is 30.3 Å². The van der Waals surface area contributed by atoms with E-state index in [1.54, 1.807) is 41.3 Å². The van der Waals surface area contributed by atoms with E-state index in [1.165, 1.54) is 0 Å². The molecule has 1 aliphatic rings. The van der Waals surface area contributed by atoms with Gasteiger partial charge < -0.3 is 0 Å². The molecule has 3 aromatic rings. The number of rotatable bonds is 6. The van der Waals surface area contributed by atoms with Gasteiger partial charge in [0, 0.05) is 37.7 Å². The molecule has 0 radical (unpaired) electrons. The topological polar surface area (TPSA) is 80.1 Å². The van der Waals surface area contributed by atoms with Gasteiger partial charge in [0.05, 0.1) is 16.3 Å². The van der Waals surface area contributed by atoms with E-state index in [1.807, 2.05) is 30.5 Å². The molecule has 2 aromatic heterocycles. The molecule has 1 aromatic carbocycles. The van der Waals surface area contributed by atoms with Crippen molar-refractivity contribution >= 4 is 10.0 Å². The molecule has 3 heterocycles. The molecule has 0 spiro atoms. The number of sulfonamides is 1. The van der Waals surface area contributed by atoms with Gasteiger partial charge in [0.15, 0.2) is 0 Å². The summed E-state index contributed by atoms with van der Waals surface area (Å²) in [6.45, 7) is 2.37. The van der Waals surface area contributed by atoms with Gasteiger partial charge >= 0.3 is 0 Å². The molecule has 0 amide bonds. The monoisotopic (exact) mass is 397 g/mol.